The summed E-state index contributed by atoms with van der Waals surface area (Å²) in [5, 5.41) is 0. The van der Waals surface area contributed by atoms with Crippen LogP contribution in [0.2, 0.25) is 0 Å². The van der Waals surface area contributed by atoms with Gasteiger partial charge in [0.25, 0.3) is 0 Å². The molecule has 0 aliphatic heterocycles. The van der Waals surface area contributed by atoms with Gasteiger partial charge in [0.2, 0.25) is 0 Å². The van der Waals surface area contributed by atoms with Crippen LogP contribution in [0.5, 0.6) is 0 Å². The van der Waals surface area contributed by atoms with E-state index in [1.165, 1.54) is 30.9 Å². The smallest absolute Gasteiger partial charge is 0.302 e. The van der Waals surface area contributed by atoms with Crippen molar-refractivity contribution in [2.75, 3.05) is 0 Å². The van der Waals surface area contributed by atoms with E-state index in [0.717, 1.165) is 38.5 Å². The average Bonchev–Trinajstić information content (AvgIpc) is 3.07. The van der Waals surface area contributed by atoms with Crippen LogP contribution in [-0.2, 0) is 14.3 Å². The molecule has 0 spiro atoms. The minimum atomic E-state index is -0.174. The third-order valence-electron chi connectivity index (χ3n) is 10.5. The van der Waals surface area contributed by atoms with Crippen LogP contribution in [0, 0.1) is 46.3 Å². The molecule has 0 radical (unpaired) electrons. The Kier molecular flexibility index (Phi) is 6.75. The molecule has 4 rings (SSSR count). The standard InChI is InChI=1S/C30H46O3/c1-18(2)19(3)8-9-20(4)25-12-13-26-24-11-10-22-16-23(33-21(5)31)14-15-29(22,6)28(24)27(32)17-30(25,26)7/h8-9,18-20,22-23,25-26H,10-17H2,1-7H3. The zero-order valence-corrected chi connectivity index (χ0v) is 22.1. The zero-order valence-electron chi connectivity index (χ0n) is 22.1. The Hall–Kier alpha value is -1.38. The molecule has 4 aliphatic rings. The second-order valence-corrected chi connectivity index (χ2v) is 12.7. The fourth-order valence-corrected chi connectivity index (χ4v) is 8.23. The molecule has 184 valence electrons. The molecule has 0 saturated heterocycles. The molecule has 8 atom stereocenters. The van der Waals surface area contributed by atoms with Crippen molar-refractivity contribution in [3.63, 3.8) is 0 Å². The van der Waals surface area contributed by atoms with Crippen molar-refractivity contribution in [3.8, 4) is 0 Å². The lowest BCUT2D eigenvalue weighted by molar-refractivity contribution is -0.151. The van der Waals surface area contributed by atoms with Crippen molar-refractivity contribution in [2.24, 2.45) is 46.3 Å². The number of ether oxygens (including phenoxy) is 1. The first-order valence-electron chi connectivity index (χ1n) is 13.6. The van der Waals surface area contributed by atoms with Crippen molar-refractivity contribution in [2.45, 2.75) is 106 Å². The highest BCUT2D eigenvalue weighted by Crippen LogP contribution is 2.65. The molecule has 0 aromatic heterocycles. The maximum Gasteiger partial charge on any atom is 0.302 e. The van der Waals surface area contributed by atoms with Gasteiger partial charge in [0, 0.05) is 18.9 Å². The number of carbonyl (C=O) groups excluding carboxylic acids is 2. The number of carbonyl (C=O) groups is 2. The molecule has 33 heavy (non-hydrogen) atoms. The predicted octanol–water partition coefficient (Wildman–Crippen LogP) is 7.30. The number of rotatable bonds is 5. The minimum Gasteiger partial charge on any atom is -0.463 e. The molecule has 0 bridgehead atoms. The lowest BCUT2D eigenvalue weighted by atomic mass is 9.50. The lowest BCUT2D eigenvalue weighted by Gasteiger charge is -2.54. The van der Waals surface area contributed by atoms with E-state index in [0.29, 0.717) is 41.3 Å². The van der Waals surface area contributed by atoms with E-state index >= 15 is 0 Å². The Morgan fingerprint density at radius 1 is 1.06 bits per heavy atom. The van der Waals surface area contributed by atoms with Gasteiger partial charge in [-0.1, -0.05) is 59.3 Å². The first-order valence-corrected chi connectivity index (χ1v) is 13.6. The van der Waals surface area contributed by atoms with Crippen LogP contribution in [0.15, 0.2) is 23.3 Å². The molecular weight excluding hydrogens is 408 g/mol. The number of ketones is 1. The van der Waals surface area contributed by atoms with Gasteiger partial charge in [-0.05, 0) is 91.3 Å². The number of hydrogen-bond donors (Lipinski definition) is 0. The second-order valence-electron chi connectivity index (χ2n) is 12.7. The second kappa shape index (κ2) is 9.00. The summed E-state index contributed by atoms with van der Waals surface area (Å²) < 4.78 is 5.58. The summed E-state index contributed by atoms with van der Waals surface area (Å²) in [5.74, 6) is 3.64. The molecule has 0 aromatic carbocycles. The molecule has 8 unspecified atom stereocenters. The SMILES string of the molecule is CC(=O)OC1CCC2(C)C3=C(CCC2C1)C1CCC(C(C)C=CC(C)C(C)C)C1(C)CC3=O. The fraction of sp³-hybridized carbons (Fsp3) is 0.800. The zero-order chi connectivity index (χ0) is 24.1. The first kappa shape index (κ1) is 24.7. The molecule has 0 aromatic rings. The normalized spacial score (nSPS) is 40.4. The molecule has 0 amide bonds. The number of esters is 1. The Morgan fingerprint density at radius 3 is 2.45 bits per heavy atom. The van der Waals surface area contributed by atoms with Gasteiger partial charge in [-0.25, -0.2) is 0 Å². The number of hydrogen-bond acceptors (Lipinski definition) is 3. The van der Waals surface area contributed by atoms with Gasteiger partial charge in [-0.2, -0.15) is 0 Å². The van der Waals surface area contributed by atoms with E-state index in [1.807, 2.05) is 0 Å². The van der Waals surface area contributed by atoms with Gasteiger partial charge < -0.3 is 4.74 Å². The predicted molar refractivity (Wildman–Crippen MR) is 134 cm³/mol. The third-order valence-corrected chi connectivity index (χ3v) is 10.5. The van der Waals surface area contributed by atoms with Crippen molar-refractivity contribution in [3.05, 3.63) is 23.3 Å². The average molecular weight is 455 g/mol. The van der Waals surface area contributed by atoms with E-state index in [2.05, 4.69) is 53.7 Å². The molecule has 0 heterocycles. The monoisotopic (exact) mass is 454 g/mol. The molecule has 4 aliphatic carbocycles. The highest BCUT2D eigenvalue weighted by atomic mass is 16.5. The molecular formula is C30H46O3. The van der Waals surface area contributed by atoms with Crippen LogP contribution < -0.4 is 0 Å². The van der Waals surface area contributed by atoms with Crippen LogP contribution in [0.25, 0.3) is 0 Å². The third kappa shape index (κ3) is 4.27. The summed E-state index contributed by atoms with van der Waals surface area (Å²) in [5.41, 5.74) is 2.80. The minimum absolute atomic E-state index is 0.0288. The molecule has 0 N–H and O–H groups in total. The maximum atomic E-state index is 13.9. The summed E-state index contributed by atoms with van der Waals surface area (Å²) in [6, 6.07) is 0. The van der Waals surface area contributed by atoms with Crippen LogP contribution >= 0.6 is 0 Å². The van der Waals surface area contributed by atoms with Gasteiger partial charge >= 0.3 is 5.97 Å². The van der Waals surface area contributed by atoms with Gasteiger partial charge in [0.1, 0.15) is 6.10 Å². The Labute approximate surface area is 201 Å². The number of allylic oxidation sites excluding steroid dienone is 4. The van der Waals surface area contributed by atoms with Gasteiger partial charge in [0.15, 0.2) is 5.78 Å². The van der Waals surface area contributed by atoms with E-state index in [4.69, 9.17) is 4.74 Å². The van der Waals surface area contributed by atoms with Crippen LogP contribution in [0.4, 0.5) is 0 Å². The van der Waals surface area contributed by atoms with Crippen LogP contribution in [0.1, 0.15) is 99.8 Å². The van der Waals surface area contributed by atoms with E-state index in [1.54, 1.807) is 0 Å². The van der Waals surface area contributed by atoms with Gasteiger partial charge in [-0.3, -0.25) is 9.59 Å². The van der Waals surface area contributed by atoms with Gasteiger partial charge in [0.05, 0.1) is 0 Å². The number of fused-ring (bicyclic) bond motifs is 4. The van der Waals surface area contributed by atoms with Crippen molar-refractivity contribution in [1.29, 1.82) is 0 Å². The van der Waals surface area contributed by atoms with E-state index in [9.17, 15) is 9.59 Å². The Morgan fingerprint density at radius 2 is 1.79 bits per heavy atom. The molecule has 3 nitrogen and oxygen atoms in total. The number of Topliss-reactive ketones (excluding diaryl/α,β-unsaturated/α-hetero) is 1. The fourth-order valence-electron chi connectivity index (χ4n) is 8.23. The van der Waals surface area contributed by atoms with Crippen LogP contribution in [-0.4, -0.2) is 17.9 Å². The lowest BCUT2D eigenvalue weighted by Crippen LogP contribution is -2.49. The highest BCUT2D eigenvalue weighted by Gasteiger charge is 2.58. The van der Waals surface area contributed by atoms with Crippen molar-refractivity contribution in [1.82, 2.24) is 0 Å². The summed E-state index contributed by atoms with van der Waals surface area (Å²) in [7, 11) is 0. The van der Waals surface area contributed by atoms with E-state index < -0.39 is 0 Å². The molecule has 3 heteroatoms. The van der Waals surface area contributed by atoms with Gasteiger partial charge in [-0.15, -0.1) is 0 Å². The topological polar surface area (TPSA) is 43.4 Å². The maximum absolute atomic E-state index is 13.9. The van der Waals surface area contributed by atoms with Crippen molar-refractivity contribution < 1.29 is 14.3 Å². The Balaban J connectivity index is 1.58. The molecule has 2 saturated carbocycles. The van der Waals surface area contributed by atoms with E-state index in [-0.39, 0.29) is 22.9 Å². The largest absolute Gasteiger partial charge is 0.463 e. The first-order chi connectivity index (χ1) is 15.5. The summed E-state index contributed by atoms with van der Waals surface area (Å²) in [6.45, 7) is 15.6. The summed E-state index contributed by atoms with van der Waals surface area (Å²) in [4.78, 5) is 25.4. The quantitative estimate of drug-likeness (QED) is 0.323. The summed E-state index contributed by atoms with van der Waals surface area (Å²) >= 11 is 0. The van der Waals surface area contributed by atoms with Crippen molar-refractivity contribution >= 4 is 11.8 Å². The van der Waals surface area contributed by atoms with Crippen LogP contribution in [0.3, 0.4) is 0 Å². The highest BCUT2D eigenvalue weighted by molar-refractivity contribution is 5.99. The molecule has 2 fully saturated rings. The Bertz CT molecular complexity index is 851. The summed E-state index contributed by atoms with van der Waals surface area (Å²) in [6.07, 6.45) is 13.1.